The quantitative estimate of drug-likeness (QED) is 0.892. The molecule has 2 atom stereocenters. The molecule has 4 heteroatoms. The van der Waals surface area contributed by atoms with Gasteiger partial charge in [-0.2, -0.15) is 0 Å². The highest BCUT2D eigenvalue weighted by Crippen LogP contribution is 2.28. The van der Waals surface area contributed by atoms with Gasteiger partial charge in [0.15, 0.2) is 0 Å². The van der Waals surface area contributed by atoms with Crippen molar-refractivity contribution < 1.29 is 14.6 Å². The number of nitrogens with zero attached hydrogens (tertiary/aromatic N) is 1. The second-order valence-electron chi connectivity index (χ2n) is 5.38. The molecular weight excluding hydrogens is 242 g/mol. The van der Waals surface area contributed by atoms with Crippen molar-refractivity contribution in [2.24, 2.45) is 11.8 Å². The van der Waals surface area contributed by atoms with Gasteiger partial charge in [-0.1, -0.05) is 13.8 Å². The van der Waals surface area contributed by atoms with Crippen molar-refractivity contribution in [3.8, 4) is 11.5 Å². The van der Waals surface area contributed by atoms with Gasteiger partial charge in [0.25, 0.3) is 5.91 Å². The summed E-state index contributed by atoms with van der Waals surface area (Å²) in [5.74, 6) is 1.61. The second kappa shape index (κ2) is 5.51. The molecule has 1 saturated heterocycles. The van der Waals surface area contributed by atoms with Gasteiger partial charge in [0.1, 0.15) is 11.5 Å². The van der Waals surface area contributed by atoms with E-state index in [2.05, 4.69) is 13.8 Å². The molecular formula is C15H21NO3. The molecule has 1 heterocycles. The molecule has 1 amide bonds. The van der Waals surface area contributed by atoms with E-state index < -0.39 is 0 Å². The average molecular weight is 263 g/mol. The fraction of sp³-hybridized carbons (Fsp3) is 0.533. The van der Waals surface area contributed by atoms with Crippen LogP contribution in [0.4, 0.5) is 0 Å². The number of ether oxygens (including phenoxy) is 1. The lowest BCUT2D eigenvalue weighted by molar-refractivity contribution is 0.0624. The monoisotopic (exact) mass is 263 g/mol. The zero-order chi connectivity index (χ0) is 14.0. The number of carbonyl (C=O) groups excluding carboxylic acids is 1. The summed E-state index contributed by atoms with van der Waals surface area (Å²) in [5, 5.41) is 9.85. The SMILES string of the molecule is COc1ccc(O)c(C(=O)N2CCC(C)C(C)C2)c1. The molecule has 1 aromatic rings. The molecule has 0 bridgehead atoms. The summed E-state index contributed by atoms with van der Waals surface area (Å²) in [6.45, 7) is 5.88. The largest absolute Gasteiger partial charge is 0.507 e. The Morgan fingerprint density at radius 3 is 2.74 bits per heavy atom. The lowest BCUT2D eigenvalue weighted by atomic mass is 9.88. The number of aromatic hydroxyl groups is 1. The van der Waals surface area contributed by atoms with Crippen LogP contribution in [0, 0.1) is 11.8 Å². The number of phenols is 1. The number of benzene rings is 1. The van der Waals surface area contributed by atoms with Crippen LogP contribution in [0.1, 0.15) is 30.6 Å². The predicted octanol–water partition coefficient (Wildman–Crippen LogP) is 2.52. The highest BCUT2D eigenvalue weighted by atomic mass is 16.5. The van der Waals surface area contributed by atoms with Gasteiger partial charge in [-0.3, -0.25) is 4.79 Å². The number of piperidine rings is 1. The Bertz CT molecular complexity index is 472. The molecule has 4 nitrogen and oxygen atoms in total. The lowest BCUT2D eigenvalue weighted by Crippen LogP contribution is -2.42. The fourth-order valence-electron chi connectivity index (χ4n) is 2.43. The molecule has 0 spiro atoms. The smallest absolute Gasteiger partial charge is 0.257 e. The highest BCUT2D eigenvalue weighted by Gasteiger charge is 2.27. The number of hydrogen-bond acceptors (Lipinski definition) is 3. The zero-order valence-corrected chi connectivity index (χ0v) is 11.7. The van der Waals surface area contributed by atoms with Crippen LogP contribution in [0.25, 0.3) is 0 Å². The maximum atomic E-state index is 12.5. The van der Waals surface area contributed by atoms with E-state index in [-0.39, 0.29) is 11.7 Å². The summed E-state index contributed by atoms with van der Waals surface area (Å²) in [6, 6.07) is 4.75. The Labute approximate surface area is 114 Å². The first kappa shape index (κ1) is 13.7. The van der Waals surface area contributed by atoms with E-state index in [0.717, 1.165) is 19.5 Å². The van der Waals surface area contributed by atoms with Crippen LogP contribution in [0.15, 0.2) is 18.2 Å². The van der Waals surface area contributed by atoms with Gasteiger partial charge in [-0.15, -0.1) is 0 Å². The third kappa shape index (κ3) is 2.83. The molecule has 0 radical (unpaired) electrons. The number of rotatable bonds is 2. The summed E-state index contributed by atoms with van der Waals surface area (Å²) >= 11 is 0. The van der Waals surface area contributed by atoms with Gasteiger partial charge in [0.05, 0.1) is 12.7 Å². The molecule has 1 N–H and O–H groups in total. The number of hydrogen-bond donors (Lipinski definition) is 1. The molecule has 0 saturated carbocycles. The first-order valence-corrected chi connectivity index (χ1v) is 6.69. The molecule has 1 aromatic carbocycles. The molecule has 1 fully saturated rings. The predicted molar refractivity (Wildman–Crippen MR) is 73.5 cm³/mol. The highest BCUT2D eigenvalue weighted by molar-refractivity contribution is 5.97. The van der Waals surface area contributed by atoms with Crippen molar-refractivity contribution in [2.45, 2.75) is 20.3 Å². The van der Waals surface area contributed by atoms with Crippen LogP contribution in [0.5, 0.6) is 11.5 Å². The number of likely N-dealkylation sites (tertiary alicyclic amines) is 1. The van der Waals surface area contributed by atoms with Gasteiger partial charge in [0, 0.05) is 13.1 Å². The molecule has 2 rings (SSSR count). The Morgan fingerprint density at radius 1 is 1.37 bits per heavy atom. The van der Waals surface area contributed by atoms with Crippen LogP contribution in [0.2, 0.25) is 0 Å². The van der Waals surface area contributed by atoms with E-state index in [0.29, 0.717) is 23.1 Å². The van der Waals surface area contributed by atoms with E-state index in [1.165, 1.54) is 6.07 Å². The number of methoxy groups -OCH3 is 1. The Hall–Kier alpha value is -1.71. The number of phenolic OH excluding ortho intramolecular Hbond substituents is 1. The van der Waals surface area contributed by atoms with Crippen molar-refractivity contribution >= 4 is 5.91 Å². The Balaban J connectivity index is 2.20. The van der Waals surface area contributed by atoms with Crippen LogP contribution in [-0.2, 0) is 0 Å². The topological polar surface area (TPSA) is 49.8 Å². The van der Waals surface area contributed by atoms with Crippen molar-refractivity contribution in [1.29, 1.82) is 0 Å². The average Bonchev–Trinajstić information content (AvgIpc) is 2.41. The lowest BCUT2D eigenvalue weighted by Gasteiger charge is -2.35. The first-order chi connectivity index (χ1) is 9.02. The molecule has 0 aliphatic carbocycles. The number of carbonyl (C=O) groups is 1. The number of amides is 1. The van der Waals surface area contributed by atoms with Crippen molar-refractivity contribution in [1.82, 2.24) is 4.90 Å². The summed E-state index contributed by atoms with van der Waals surface area (Å²) in [4.78, 5) is 14.3. The van der Waals surface area contributed by atoms with Crippen LogP contribution in [-0.4, -0.2) is 36.1 Å². The minimum Gasteiger partial charge on any atom is -0.507 e. The summed E-state index contributed by atoms with van der Waals surface area (Å²) < 4.78 is 5.10. The molecule has 1 aliphatic heterocycles. The minimum absolute atomic E-state index is 0.0112. The van der Waals surface area contributed by atoms with E-state index in [4.69, 9.17) is 4.74 Å². The maximum absolute atomic E-state index is 12.5. The molecule has 2 unspecified atom stereocenters. The van der Waals surface area contributed by atoms with E-state index in [1.807, 2.05) is 4.90 Å². The standard InChI is InChI=1S/C15H21NO3/c1-10-6-7-16(9-11(10)2)15(18)13-8-12(19-3)4-5-14(13)17/h4-5,8,10-11,17H,6-7,9H2,1-3H3. The molecule has 0 aromatic heterocycles. The Morgan fingerprint density at radius 2 is 2.11 bits per heavy atom. The Kier molecular flexibility index (Phi) is 3.98. The molecule has 19 heavy (non-hydrogen) atoms. The van der Waals surface area contributed by atoms with Gasteiger partial charge in [-0.05, 0) is 36.5 Å². The summed E-state index contributed by atoms with van der Waals surface area (Å²) in [5.41, 5.74) is 0.320. The van der Waals surface area contributed by atoms with Crippen molar-refractivity contribution in [3.05, 3.63) is 23.8 Å². The summed E-state index contributed by atoms with van der Waals surface area (Å²) in [7, 11) is 1.55. The maximum Gasteiger partial charge on any atom is 0.257 e. The third-order valence-electron chi connectivity index (χ3n) is 4.06. The zero-order valence-electron chi connectivity index (χ0n) is 11.7. The van der Waals surface area contributed by atoms with Gasteiger partial charge in [-0.25, -0.2) is 0 Å². The van der Waals surface area contributed by atoms with Crippen molar-refractivity contribution in [3.63, 3.8) is 0 Å². The normalized spacial score (nSPS) is 23.2. The van der Waals surface area contributed by atoms with Gasteiger partial charge >= 0.3 is 0 Å². The van der Waals surface area contributed by atoms with E-state index in [1.54, 1.807) is 19.2 Å². The van der Waals surface area contributed by atoms with Crippen LogP contribution < -0.4 is 4.74 Å². The first-order valence-electron chi connectivity index (χ1n) is 6.69. The van der Waals surface area contributed by atoms with Crippen LogP contribution in [0.3, 0.4) is 0 Å². The van der Waals surface area contributed by atoms with Gasteiger partial charge < -0.3 is 14.7 Å². The third-order valence-corrected chi connectivity index (χ3v) is 4.06. The summed E-state index contributed by atoms with van der Waals surface area (Å²) in [6.07, 6.45) is 1.01. The minimum atomic E-state index is -0.116. The molecule has 104 valence electrons. The fourth-order valence-corrected chi connectivity index (χ4v) is 2.43. The van der Waals surface area contributed by atoms with Crippen molar-refractivity contribution in [2.75, 3.05) is 20.2 Å². The van der Waals surface area contributed by atoms with E-state index >= 15 is 0 Å². The second-order valence-corrected chi connectivity index (χ2v) is 5.38. The van der Waals surface area contributed by atoms with Crippen LogP contribution >= 0.6 is 0 Å². The van der Waals surface area contributed by atoms with E-state index in [9.17, 15) is 9.90 Å². The van der Waals surface area contributed by atoms with Gasteiger partial charge in [0.2, 0.25) is 0 Å². The molecule has 1 aliphatic rings.